The first kappa shape index (κ1) is 8.76. The highest BCUT2D eigenvalue weighted by Gasteiger charge is 2.51. The molecule has 0 aliphatic heterocycles. The average Bonchev–Trinajstić information content (AvgIpc) is 2.79. The smallest absolute Gasteiger partial charge is 0.0146 e. The molecule has 70 valence electrons. The van der Waals surface area contributed by atoms with Crippen LogP contribution in [0.3, 0.4) is 0 Å². The molecular weight excluding hydrogens is 158 g/mol. The Bertz CT molecular complexity index is 315. The van der Waals surface area contributed by atoms with Crippen LogP contribution in [-0.4, -0.2) is 6.04 Å². The van der Waals surface area contributed by atoms with Gasteiger partial charge in [-0.1, -0.05) is 31.2 Å². The molecule has 1 aliphatic carbocycles. The maximum absolute atomic E-state index is 6.01. The second-order valence-corrected chi connectivity index (χ2v) is 4.14. The highest BCUT2D eigenvalue weighted by molar-refractivity contribution is 5.40. The lowest BCUT2D eigenvalue weighted by Gasteiger charge is -2.16. The summed E-state index contributed by atoms with van der Waals surface area (Å²) in [6, 6.07) is 9.00. The van der Waals surface area contributed by atoms with Gasteiger partial charge in [0.1, 0.15) is 0 Å². The van der Waals surface area contributed by atoms with Crippen LogP contribution in [0.15, 0.2) is 24.3 Å². The van der Waals surface area contributed by atoms with Gasteiger partial charge in [-0.15, -0.1) is 0 Å². The van der Waals surface area contributed by atoms with Gasteiger partial charge in [0, 0.05) is 11.5 Å². The summed E-state index contributed by atoms with van der Waals surface area (Å²) in [6.45, 7) is 4.41. The lowest BCUT2D eigenvalue weighted by Crippen LogP contribution is -2.18. The molecule has 0 heterocycles. The zero-order chi connectivity index (χ0) is 9.47. The van der Waals surface area contributed by atoms with Crippen molar-refractivity contribution in [2.45, 2.75) is 38.1 Å². The molecule has 0 aromatic heterocycles. The Morgan fingerprint density at radius 2 is 2.08 bits per heavy atom. The van der Waals surface area contributed by atoms with E-state index in [1.807, 2.05) is 0 Å². The minimum atomic E-state index is 0.311. The fraction of sp³-hybridized carbons (Fsp3) is 0.500. The topological polar surface area (TPSA) is 26.0 Å². The van der Waals surface area contributed by atoms with E-state index >= 15 is 0 Å². The van der Waals surface area contributed by atoms with E-state index < -0.39 is 0 Å². The lowest BCUT2D eigenvalue weighted by molar-refractivity contribution is 0.630. The predicted octanol–water partition coefficient (Wildman–Crippen LogP) is 2.37. The number of aryl methyl sites for hydroxylation is 1. The zero-order valence-corrected chi connectivity index (χ0v) is 8.38. The average molecular weight is 175 g/mol. The number of hydrogen-bond donors (Lipinski definition) is 1. The molecule has 1 aromatic rings. The first-order chi connectivity index (χ1) is 6.20. The Hall–Kier alpha value is -0.820. The van der Waals surface area contributed by atoms with Gasteiger partial charge >= 0.3 is 0 Å². The van der Waals surface area contributed by atoms with E-state index in [-0.39, 0.29) is 0 Å². The molecule has 0 saturated heterocycles. The van der Waals surface area contributed by atoms with E-state index in [0.29, 0.717) is 11.5 Å². The molecule has 1 saturated carbocycles. The summed E-state index contributed by atoms with van der Waals surface area (Å²) in [6.07, 6.45) is 2.33. The Kier molecular flexibility index (Phi) is 1.92. The molecule has 2 atom stereocenters. The van der Waals surface area contributed by atoms with Crippen LogP contribution in [0, 0.1) is 6.92 Å². The van der Waals surface area contributed by atoms with Gasteiger partial charge in [-0.25, -0.2) is 0 Å². The largest absolute Gasteiger partial charge is 0.327 e. The molecule has 0 spiro atoms. The fourth-order valence-corrected chi connectivity index (χ4v) is 2.37. The summed E-state index contributed by atoms with van der Waals surface area (Å²) in [7, 11) is 0. The molecule has 13 heavy (non-hydrogen) atoms. The summed E-state index contributed by atoms with van der Waals surface area (Å²) >= 11 is 0. The molecule has 1 aliphatic rings. The van der Waals surface area contributed by atoms with Crippen LogP contribution in [-0.2, 0) is 5.41 Å². The molecular formula is C12H17N. The highest BCUT2D eigenvalue weighted by Crippen LogP contribution is 2.50. The molecule has 1 unspecified atom stereocenters. The third kappa shape index (κ3) is 1.19. The van der Waals surface area contributed by atoms with Crippen LogP contribution in [0.5, 0.6) is 0 Å². The minimum Gasteiger partial charge on any atom is -0.327 e. The van der Waals surface area contributed by atoms with Crippen molar-refractivity contribution in [3.63, 3.8) is 0 Å². The van der Waals surface area contributed by atoms with E-state index in [1.165, 1.54) is 17.5 Å². The first-order valence-corrected chi connectivity index (χ1v) is 5.02. The van der Waals surface area contributed by atoms with Crippen molar-refractivity contribution in [3.8, 4) is 0 Å². The summed E-state index contributed by atoms with van der Waals surface area (Å²) < 4.78 is 0. The van der Waals surface area contributed by atoms with Crippen LogP contribution < -0.4 is 5.73 Å². The van der Waals surface area contributed by atoms with Crippen molar-refractivity contribution < 1.29 is 0 Å². The number of hydrogen-bond acceptors (Lipinski definition) is 1. The van der Waals surface area contributed by atoms with Crippen LogP contribution in [0.4, 0.5) is 0 Å². The second kappa shape index (κ2) is 2.85. The predicted molar refractivity (Wildman–Crippen MR) is 55.7 cm³/mol. The fourth-order valence-electron chi connectivity index (χ4n) is 2.37. The Balaban J connectivity index is 2.41. The molecule has 2 rings (SSSR count). The lowest BCUT2D eigenvalue weighted by atomic mass is 9.89. The number of rotatable bonds is 2. The molecule has 2 N–H and O–H groups in total. The van der Waals surface area contributed by atoms with Crippen LogP contribution in [0.25, 0.3) is 0 Å². The minimum absolute atomic E-state index is 0.311. The SMILES string of the molecule is CCC1(c2ccccc2C)C[C@H]1N. The summed E-state index contributed by atoms with van der Waals surface area (Å²) in [5, 5.41) is 0. The van der Waals surface area contributed by atoms with E-state index in [1.54, 1.807) is 0 Å². The molecule has 1 heteroatoms. The van der Waals surface area contributed by atoms with Gasteiger partial charge in [0.05, 0.1) is 0 Å². The molecule has 1 aromatic carbocycles. The van der Waals surface area contributed by atoms with Gasteiger partial charge in [-0.2, -0.15) is 0 Å². The Morgan fingerprint density at radius 3 is 2.54 bits per heavy atom. The third-order valence-electron chi connectivity index (χ3n) is 3.45. The molecule has 0 bridgehead atoms. The van der Waals surface area contributed by atoms with Gasteiger partial charge in [0.15, 0.2) is 0 Å². The van der Waals surface area contributed by atoms with Gasteiger partial charge in [-0.05, 0) is 30.9 Å². The summed E-state index contributed by atoms with van der Waals surface area (Å²) in [5.74, 6) is 0. The normalized spacial score (nSPS) is 31.8. The van der Waals surface area contributed by atoms with Gasteiger partial charge in [0.25, 0.3) is 0 Å². The van der Waals surface area contributed by atoms with E-state index in [2.05, 4.69) is 38.1 Å². The Labute approximate surface area is 80.0 Å². The van der Waals surface area contributed by atoms with E-state index in [0.717, 1.165) is 6.42 Å². The molecule has 1 fully saturated rings. The second-order valence-electron chi connectivity index (χ2n) is 4.14. The monoisotopic (exact) mass is 175 g/mol. The summed E-state index contributed by atoms with van der Waals surface area (Å²) in [4.78, 5) is 0. The van der Waals surface area contributed by atoms with Crippen molar-refractivity contribution in [2.75, 3.05) is 0 Å². The van der Waals surface area contributed by atoms with Crippen molar-refractivity contribution in [3.05, 3.63) is 35.4 Å². The third-order valence-corrected chi connectivity index (χ3v) is 3.45. The van der Waals surface area contributed by atoms with Gasteiger partial charge < -0.3 is 5.73 Å². The van der Waals surface area contributed by atoms with Crippen LogP contribution >= 0.6 is 0 Å². The van der Waals surface area contributed by atoms with Crippen LogP contribution in [0.1, 0.15) is 30.9 Å². The molecule has 1 nitrogen and oxygen atoms in total. The quantitative estimate of drug-likeness (QED) is 0.733. The maximum Gasteiger partial charge on any atom is 0.0146 e. The highest BCUT2D eigenvalue weighted by atomic mass is 14.8. The first-order valence-electron chi connectivity index (χ1n) is 5.02. The standard InChI is InChI=1S/C12H17N/c1-3-12(8-11(12)13)10-7-5-4-6-9(10)2/h4-7,11H,3,8,13H2,1-2H3/t11-,12?/m1/s1. The number of nitrogens with two attached hydrogens (primary N) is 1. The van der Waals surface area contributed by atoms with Crippen LogP contribution in [0.2, 0.25) is 0 Å². The Morgan fingerprint density at radius 1 is 1.46 bits per heavy atom. The molecule has 0 amide bonds. The van der Waals surface area contributed by atoms with Crippen molar-refractivity contribution in [2.24, 2.45) is 5.73 Å². The number of benzene rings is 1. The summed E-state index contributed by atoms with van der Waals surface area (Å²) in [5.41, 5.74) is 9.17. The van der Waals surface area contributed by atoms with Gasteiger partial charge in [-0.3, -0.25) is 0 Å². The van der Waals surface area contributed by atoms with E-state index in [4.69, 9.17) is 5.73 Å². The van der Waals surface area contributed by atoms with E-state index in [9.17, 15) is 0 Å². The van der Waals surface area contributed by atoms with Gasteiger partial charge in [0.2, 0.25) is 0 Å². The zero-order valence-electron chi connectivity index (χ0n) is 8.38. The maximum atomic E-state index is 6.01. The van der Waals surface area contributed by atoms with Crippen molar-refractivity contribution >= 4 is 0 Å². The molecule has 0 radical (unpaired) electrons. The van der Waals surface area contributed by atoms with Crippen molar-refractivity contribution in [1.82, 2.24) is 0 Å². The van der Waals surface area contributed by atoms with Crippen molar-refractivity contribution in [1.29, 1.82) is 0 Å².